The first-order valence-electron chi connectivity index (χ1n) is 6.10. The summed E-state index contributed by atoms with van der Waals surface area (Å²) >= 11 is 0. The molecule has 0 atom stereocenters. The highest BCUT2D eigenvalue weighted by Crippen LogP contribution is 2.39. The number of aromatic nitrogens is 1. The van der Waals surface area contributed by atoms with Crippen molar-refractivity contribution >= 4 is 11.8 Å². The number of hydrogen-bond donors (Lipinski definition) is 0. The summed E-state index contributed by atoms with van der Waals surface area (Å²) < 4.78 is 31.6. The molecule has 4 heteroatoms. The molecule has 0 aromatic carbocycles. The molecule has 0 saturated heterocycles. The van der Waals surface area contributed by atoms with Gasteiger partial charge in [0, 0.05) is 30.3 Å². The van der Waals surface area contributed by atoms with Gasteiger partial charge in [0.2, 0.25) is 5.70 Å². The first-order chi connectivity index (χ1) is 8.46. The van der Waals surface area contributed by atoms with Crippen molar-refractivity contribution in [2.45, 2.75) is 33.4 Å². The normalized spacial score (nSPS) is 19.9. The number of hydrogen-bond acceptors (Lipinski definition) is 0. The lowest BCUT2D eigenvalue weighted by atomic mass is 10.2. The third kappa shape index (κ3) is 1.23. The second kappa shape index (κ2) is 3.40. The van der Waals surface area contributed by atoms with E-state index >= 15 is 0 Å². The highest BCUT2D eigenvalue weighted by Gasteiger charge is 2.54. The highest BCUT2D eigenvalue weighted by atomic mass is 19.3. The second-order valence-corrected chi connectivity index (χ2v) is 4.78. The monoisotopic (exact) mass is 249 g/mol. The van der Waals surface area contributed by atoms with Gasteiger partial charge in [0.05, 0.1) is 5.69 Å². The standard InChI is InChI=1S/C14H15F2N2/c1-4-11-5-6-12-8-13-9(2)7-10(3)17(13)14(15,16)18(11)12/h5-8H,4H2,1-3H3/q+1. The van der Waals surface area contributed by atoms with Crippen LogP contribution in [0.1, 0.15) is 30.3 Å². The summed E-state index contributed by atoms with van der Waals surface area (Å²) in [4.78, 5) is 0. The fourth-order valence-electron chi connectivity index (χ4n) is 2.81. The van der Waals surface area contributed by atoms with E-state index in [1.54, 1.807) is 25.1 Å². The Balaban J connectivity index is 2.35. The Bertz CT molecular complexity index is 630. The van der Waals surface area contributed by atoms with Gasteiger partial charge >= 0.3 is 6.17 Å². The maximum atomic E-state index is 14.7. The van der Waals surface area contributed by atoms with Crippen molar-refractivity contribution < 1.29 is 13.4 Å². The molecule has 3 rings (SSSR count). The first-order valence-corrected chi connectivity index (χ1v) is 6.10. The molecule has 0 unspecified atom stereocenters. The van der Waals surface area contributed by atoms with Gasteiger partial charge in [-0.05, 0) is 25.5 Å². The van der Waals surface area contributed by atoms with Gasteiger partial charge in [0.1, 0.15) is 0 Å². The Morgan fingerprint density at radius 3 is 2.67 bits per heavy atom. The Kier molecular flexibility index (Phi) is 2.15. The van der Waals surface area contributed by atoms with Crippen molar-refractivity contribution in [1.82, 2.24) is 4.57 Å². The smallest absolute Gasteiger partial charge is 0.224 e. The zero-order valence-corrected chi connectivity index (χ0v) is 10.7. The average Bonchev–Trinajstić information content (AvgIpc) is 2.82. The van der Waals surface area contributed by atoms with Gasteiger partial charge in [-0.2, -0.15) is 0 Å². The van der Waals surface area contributed by atoms with Crippen LogP contribution in [-0.2, 0) is 6.17 Å². The number of fused-ring (bicyclic) bond motifs is 2. The van der Waals surface area contributed by atoms with Gasteiger partial charge in [-0.15, -0.1) is 13.4 Å². The van der Waals surface area contributed by atoms with E-state index in [0.29, 0.717) is 29.2 Å². The fraction of sp³-hybridized carbons (Fsp3) is 0.357. The SMILES string of the molecule is CCC1=[N+]2C(=Cc3c(C)cc(C)n3C2(F)F)C=C1. The van der Waals surface area contributed by atoms with Crippen LogP contribution in [0.3, 0.4) is 0 Å². The summed E-state index contributed by atoms with van der Waals surface area (Å²) in [7, 11) is 0. The summed E-state index contributed by atoms with van der Waals surface area (Å²) in [5.74, 6) is 0. The number of allylic oxidation sites excluding steroid dienone is 2. The molecule has 0 fully saturated rings. The van der Waals surface area contributed by atoms with Crippen molar-refractivity contribution in [3.8, 4) is 0 Å². The van der Waals surface area contributed by atoms with E-state index < -0.39 is 6.17 Å². The lowest BCUT2D eigenvalue weighted by Crippen LogP contribution is -2.41. The molecule has 0 saturated carbocycles. The van der Waals surface area contributed by atoms with Gasteiger partial charge in [0.25, 0.3) is 0 Å². The van der Waals surface area contributed by atoms with Crippen LogP contribution in [0.25, 0.3) is 6.08 Å². The van der Waals surface area contributed by atoms with Crippen LogP contribution in [0, 0.1) is 13.8 Å². The number of halogens is 2. The maximum absolute atomic E-state index is 14.7. The van der Waals surface area contributed by atoms with E-state index in [0.717, 1.165) is 14.7 Å². The predicted molar refractivity (Wildman–Crippen MR) is 66.8 cm³/mol. The molecule has 0 N–H and O–H groups in total. The van der Waals surface area contributed by atoms with E-state index in [4.69, 9.17) is 0 Å². The minimum absolute atomic E-state index is 0.575. The summed E-state index contributed by atoms with van der Waals surface area (Å²) in [6.07, 6.45) is 2.94. The summed E-state index contributed by atoms with van der Waals surface area (Å²) in [6.45, 7) is 5.48. The van der Waals surface area contributed by atoms with Gasteiger partial charge in [0.15, 0.2) is 5.71 Å². The molecule has 0 spiro atoms. The average molecular weight is 249 g/mol. The molecule has 2 aliphatic heterocycles. The van der Waals surface area contributed by atoms with Crippen molar-refractivity contribution in [3.63, 3.8) is 0 Å². The Hall–Kier alpha value is -1.71. The molecule has 18 heavy (non-hydrogen) atoms. The highest BCUT2D eigenvalue weighted by molar-refractivity contribution is 5.93. The fourth-order valence-corrected chi connectivity index (χ4v) is 2.81. The van der Waals surface area contributed by atoms with Crippen LogP contribution in [-0.4, -0.2) is 14.9 Å². The Labute approximate surface area is 105 Å². The minimum atomic E-state index is -3.02. The summed E-state index contributed by atoms with van der Waals surface area (Å²) in [5.41, 5.74) is 3.31. The van der Waals surface area contributed by atoms with Crippen LogP contribution in [0.2, 0.25) is 0 Å². The molecule has 0 radical (unpaired) electrons. The first kappa shape index (κ1) is 11.4. The molecule has 2 nitrogen and oxygen atoms in total. The van der Waals surface area contributed by atoms with Gasteiger partial charge in [-0.25, -0.2) is 4.57 Å². The Morgan fingerprint density at radius 1 is 1.28 bits per heavy atom. The van der Waals surface area contributed by atoms with Crippen molar-refractivity contribution in [2.75, 3.05) is 0 Å². The summed E-state index contributed by atoms with van der Waals surface area (Å²) in [6, 6.07) is 1.80. The zero-order valence-electron chi connectivity index (χ0n) is 10.7. The van der Waals surface area contributed by atoms with E-state index in [-0.39, 0.29) is 0 Å². The molecule has 0 aliphatic carbocycles. The quantitative estimate of drug-likeness (QED) is 0.532. The van der Waals surface area contributed by atoms with Crippen LogP contribution < -0.4 is 0 Å². The molecule has 94 valence electrons. The molecule has 2 aliphatic rings. The van der Waals surface area contributed by atoms with Crippen LogP contribution in [0.15, 0.2) is 23.9 Å². The van der Waals surface area contributed by atoms with Crippen LogP contribution >= 0.6 is 0 Å². The van der Waals surface area contributed by atoms with E-state index in [2.05, 4.69) is 0 Å². The molecule has 0 amide bonds. The van der Waals surface area contributed by atoms with Crippen LogP contribution in [0.5, 0.6) is 0 Å². The molecule has 1 aromatic heterocycles. The van der Waals surface area contributed by atoms with Crippen LogP contribution in [0.4, 0.5) is 8.78 Å². The second-order valence-electron chi connectivity index (χ2n) is 4.78. The van der Waals surface area contributed by atoms with Gasteiger partial charge in [-0.1, -0.05) is 6.92 Å². The van der Waals surface area contributed by atoms with Gasteiger partial charge in [-0.3, -0.25) is 0 Å². The van der Waals surface area contributed by atoms with Crippen molar-refractivity contribution in [3.05, 3.63) is 40.9 Å². The molecular weight excluding hydrogens is 234 g/mol. The van der Waals surface area contributed by atoms with E-state index in [9.17, 15) is 8.78 Å². The van der Waals surface area contributed by atoms with E-state index in [1.807, 2.05) is 19.9 Å². The number of nitrogens with zero attached hydrogens (tertiary/aromatic N) is 2. The van der Waals surface area contributed by atoms with E-state index in [1.165, 1.54) is 0 Å². The topological polar surface area (TPSA) is 7.94 Å². The third-order valence-corrected chi connectivity index (χ3v) is 3.60. The lowest BCUT2D eigenvalue weighted by molar-refractivity contribution is -0.674. The third-order valence-electron chi connectivity index (χ3n) is 3.60. The number of aryl methyl sites for hydroxylation is 2. The molecule has 0 bridgehead atoms. The predicted octanol–water partition coefficient (Wildman–Crippen LogP) is 3.40. The minimum Gasteiger partial charge on any atom is -0.224 e. The maximum Gasteiger partial charge on any atom is 0.565 e. The van der Waals surface area contributed by atoms with Gasteiger partial charge < -0.3 is 0 Å². The van der Waals surface area contributed by atoms with Crippen molar-refractivity contribution in [1.29, 1.82) is 0 Å². The Morgan fingerprint density at radius 2 is 2.00 bits per heavy atom. The molecule has 3 heterocycles. The largest absolute Gasteiger partial charge is 0.565 e. The molecular formula is C14H15F2N2+. The number of alkyl halides is 2. The number of rotatable bonds is 1. The molecule has 1 aromatic rings. The zero-order chi connectivity index (χ0) is 13.1. The van der Waals surface area contributed by atoms with Crippen molar-refractivity contribution in [2.24, 2.45) is 0 Å². The summed E-state index contributed by atoms with van der Waals surface area (Å²) in [5, 5.41) is 0. The lowest BCUT2D eigenvalue weighted by Gasteiger charge is -2.22.